The fourth-order valence-corrected chi connectivity index (χ4v) is 4.88. The molecule has 0 aliphatic heterocycles. The molecular formula is C23H19F8N3O2. The van der Waals surface area contributed by atoms with Gasteiger partial charge in [-0.2, -0.15) is 22.0 Å². The molecule has 0 bridgehead atoms. The Bertz CT molecular complexity index is 1380. The predicted octanol–water partition coefficient (Wildman–Crippen LogP) is 5.82. The largest absolute Gasteiger partial charge is 0.505 e. The second-order valence-corrected chi connectivity index (χ2v) is 9.39. The van der Waals surface area contributed by atoms with Crippen molar-refractivity contribution in [2.24, 2.45) is 0 Å². The molecule has 36 heavy (non-hydrogen) atoms. The number of fused-ring (bicyclic) bond motifs is 2. The van der Waals surface area contributed by atoms with Crippen molar-refractivity contribution in [2.75, 3.05) is 5.32 Å². The van der Waals surface area contributed by atoms with Crippen LogP contribution in [0.4, 0.5) is 40.8 Å². The van der Waals surface area contributed by atoms with Crippen molar-refractivity contribution in [1.29, 1.82) is 0 Å². The number of halogens is 8. The number of aryl methyl sites for hydroxylation is 1. The molecule has 2 aromatic carbocycles. The normalized spacial score (nSPS) is 21.9. The first kappa shape index (κ1) is 25.9. The van der Waals surface area contributed by atoms with Gasteiger partial charge in [-0.25, -0.2) is 23.1 Å². The van der Waals surface area contributed by atoms with Crippen molar-refractivity contribution >= 4 is 16.6 Å². The second-order valence-electron chi connectivity index (χ2n) is 9.39. The molecular weight excluding hydrogens is 502 g/mol. The summed E-state index contributed by atoms with van der Waals surface area (Å²) < 4.78 is 114. The average Bonchev–Trinajstić information content (AvgIpc) is 2.75. The third-order valence-corrected chi connectivity index (χ3v) is 6.43. The van der Waals surface area contributed by atoms with Gasteiger partial charge in [0.15, 0.2) is 28.8 Å². The average molecular weight is 521 g/mol. The highest BCUT2D eigenvalue weighted by Gasteiger charge is 2.74. The van der Waals surface area contributed by atoms with Gasteiger partial charge in [0.25, 0.3) is 0 Å². The number of anilines is 1. The first-order valence-corrected chi connectivity index (χ1v) is 10.5. The molecule has 1 aromatic heterocycles. The lowest BCUT2D eigenvalue weighted by Gasteiger charge is -2.51. The van der Waals surface area contributed by atoms with Crippen LogP contribution in [0.5, 0.6) is 5.75 Å². The van der Waals surface area contributed by atoms with E-state index in [2.05, 4.69) is 15.3 Å². The fourth-order valence-electron chi connectivity index (χ4n) is 4.88. The molecule has 0 amide bonds. The summed E-state index contributed by atoms with van der Waals surface area (Å²) in [6, 6.07) is -0.418. The van der Waals surface area contributed by atoms with E-state index < -0.39 is 75.5 Å². The SMILES string of the molecule is Cc1ncc2c(N[C@H]3c4ccc(F)c(O)c4C(C)(C)C[C@]3(O)C(F)(F)C(F)(F)F)cc(F)c(F)c2n1. The van der Waals surface area contributed by atoms with Gasteiger partial charge in [-0.1, -0.05) is 19.9 Å². The molecule has 5 nitrogen and oxygen atoms in total. The Morgan fingerprint density at radius 1 is 1.06 bits per heavy atom. The zero-order chi connectivity index (χ0) is 27.0. The number of nitrogens with zero attached hydrogens (tertiary/aromatic N) is 2. The summed E-state index contributed by atoms with van der Waals surface area (Å²) in [6.07, 6.45) is -6.53. The number of phenols is 1. The molecule has 13 heteroatoms. The van der Waals surface area contributed by atoms with Crippen LogP contribution in [-0.4, -0.2) is 37.9 Å². The van der Waals surface area contributed by atoms with Crippen LogP contribution in [0.15, 0.2) is 24.4 Å². The molecule has 0 unspecified atom stereocenters. The molecule has 0 saturated carbocycles. The van der Waals surface area contributed by atoms with Gasteiger partial charge in [0.05, 0.1) is 6.04 Å². The minimum Gasteiger partial charge on any atom is -0.505 e. The minimum absolute atomic E-state index is 0.0169. The third kappa shape index (κ3) is 3.62. The summed E-state index contributed by atoms with van der Waals surface area (Å²) >= 11 is 0. The van der Waals surface area contributed by atoms with E-state index in [4.69, 9.17) is 0 Å². The van der Waals surface area contributed by atoms with Gasteiger partial charge in [-0.05, 0) is 30.4 Å². The lowest BCUT2D eigenvalue weighted by molar-refractivity contribution is -0.349. The van der Waals surface area contributed by atoms with Crippen molar-refractivity contribution in [1.82, 2.24) is 9.97 Å². The number of aliphatic hydroxyl groups is 1. The summed E-state index contributed by atoms with van der Waals surface area (Å²) in [5, 5.41) is 23.5. The number of phenolic OH excluding ortho intramolecular Hbond substituents is 1. The number of benzene rings is 2. The summed E-state index contributed by atoms with van der Waals surface area (Å²) in [7, 11) is 0. The topological polar surface area (TPSA) is 78.3 Å². The number of rotatable bonds is 3. The van der Waals surface area contributed by atoms with Crippen molar-refractivity contribution in [2.45, 2.75) is 56.3 Å². The maximum Gasteiger partial charge on any atom is 0.456 e. The maximum absolute atomic E-state index is 15.0. The van der Waals surface area contributed by atoms with Crippen LogP contribution in [0, 0.1) is 24.4 Å². The number of alkyl halides is 5. The molecule has 1 heterocycles. The highest BCUT2D eigenvalue weighted by Crippen LogP contribution is 2.59. The van der Waals surface area contributed by atoms with Gasteiger partial charge < -0.3 is 15.5 Å². The molecule has 3 N–H and O–H groups in total. The quantitative estimate of drug-likeness (QED) is 0.379. The Morgan fingerprint density at radius 2 is 1.69 bits per heavy atom. The highest BCUT2D eigenvalue weighted by atomic mass is 19.4. The van der Waals surface area contributed by atoms with Crippen LogP contribution in [0.25, 0.3) is 10.9 Å². The molecule has 0 saturated heterocycles. The Balaban J connectivity index is 2.04. The van der Waals surface area contributed by atoms with Gasteiger partial charge in [0.2, 0.25) is 0 Å². The van der Waals surface area contributed by atoms with E-state index in [1.807, 2.05) is 0 Å². The van der Waals surface area contributed by atoms with E-state index in [1.165, 1.54) is 6.92 Å². The lowest BCUT2D eigenvalue weighted by atomic mass is 9.61. The molecule has 1 aliphatic carbocycles. The zero-order valence-corrected chi connectivity index (χ0v) is 18.9. The van der Waals surface area contributed by atoms with Crippen LogP contribution in [0.3, 0.4) is 0 Å². The van der Waals surface area contributed by atoms with Crippen molar-refractivity contribution in [3.05, 3.63) is 58.8 Å². The minimum atomic E-state index is -6.23. The Morgan fingerprint density at radius 3 is 2.31 bits per heavy atom. The fraction of sp³-hybridized carbons (Fsp3) is 0.391. The molecule has 0 radical (unpaired) electrons. The van der Waals surface area contributed by atoms with Crippen LogP contribution < -0.4 is 5.32 Å². The van der Waals surface area contributed by atoms with Crippen molar-refractivity contribution in [3.8, 4) is 5.75 Å². The van der Waals surface area contributed by atoms with E-state index in [0.29, 0.717) is 12.1 Å². The molecule has 1 aliphatic rings. The van der Waals surface area contributed by atoms with E-state index >= 15 is 0 Å². The molecule has 0 fully saturated rings. The third-order valence-electron chi connectivity index (χ3n) is 6.43. The molecule has 194 valence electrons. The summed E-state index contributed by atoms with van der Waals surface area (Å²) in [4.78, 5) is 7.59. The first-order valence-electron chi connectivity index (χ1n) is 10.5. The summed E-state index contributed by atoms with van der Waals surface area (Å²) in [5.74, 6) is -10.8. The number of aromatic nitrogens is 2. The number of aromatic hydroxyl groups is 1. The monoisotopic (exact) mass is 521 g/mol. The highest BCUT2D eigenvalue weighted by molar-refractivity contribution is 5.91. The van der Waals surface area contributed by atoms with Gasteiger partial charge in [0.1, 0.15) is 11.3 Å². The van der Waals surface area contributed by atoms with Crippen LogP contribution in [-0.2, 0) is 5.41 Å². The Kier molecular flexibility index (Phi) is 5.67. The first-order chi connectivity index (χ1) is 16.4. The van der Waals surface area contributed by atoms with E-state index in [9.17, 15) is 45.3 Å². The van der Waals surface area contributed by atoms with Crippen molar-refractivity contribution in [3.63, 3.8) is 0 Å². The van der Waals surface area contributed by atoms with E-state index in [1.54, 1.807) is 0 Å². The second kappa shape index (κ2) is 7.89. The van der Waals surface area contributed by atoms with Gasteiger partial charge in [-0.3, -0.25) is 0 Å². The number of hydrogen-bond acceptors (Lipinski definition) is 5. The Labute approximate surface area is 198 Å². The number of hydrogen-bond donors (Lipinski definition) is 3. The van der Waals surface area contributed by atoms with Gasteiger partial charge >= 0.3 is 12.1 Å². The van der Waals surface area contributed by atoms with Crippen LogP contribution in [0.1, 0.15) is 43.3 Å². The smallest absolute Gasteiger partial charge is 0.456 e. The van der Waals surface area contributed by atoms with Gasteiger partial charge in [0, 0.05) is 28.9 Å². The molecule has 3 aromatic rings. The van der Waals surface area contributed by atoms with E-state index in [0.717, 1.165) is 26.1 Å². The van der Waals surface area contributed by atoms with Crippen LogP contribution >= 0.6 is 0 Å². The molecule has 2 atom stereocenters. The summed E-state index contributed by atoms with van der Waals surface area (Å²) in [5.41, 5.74) is -7.63. The summed E-state index contributed by atoms with van der Waals surface area (Å²) in [6.45, 7) is 3.67. The number of nitrogens with one attached hydrogen (secondary N) is 1. The van der Waals surface area contributed by atoms with E-state index in [-0.39, 0.29) is 16.8 Å². The van der Waals surface area contributed by atoms with Crippen molar-refractivity contribution < 1.29 is 45.3 Å². The molecule has 0 spiro atoms. The predicted molar refractivity (Wildman–Crippen MR) is 112 cm³/mol. The standard InChI is InChI=1S/C23H19F8N3O2/c1-9-32-7-11-14(6-13(25)16(26)17(11)33-9)34-19-10-4-5-12(24)18(35)15(10)20(2,3)8-21(19,36)22(27,28)23(29,30)31/h4-7,19,34-36H,8H2,1-3H3/t19-,21+/m0/s1. The zero-order valence-electron chi connectivity index (χ0n) is 18.9. The van der Waals surface area contributed by atoms with Gasteiger partial charge in [-0.15, -0.1) is 0 Å². The maximum atomic E-state index is 15.0. The molecule has 4 rings (SSSR count). The lowest BCUT2D eigenvalue weighted by Crippen LogP contribution is -2.65. The van der Waals surface area contributed by atoms with Crippen LogP contribution in [0.2, 0.25) is 0 Å². The Hall–Kier alpha value is -3.22.